The van der Waals surface area contributed by atoms with Gasteiger partial charge in [-0.2, -0.15) is 0 Å². The summed E-state index contributed by atoms with van der Waals surface area (Å²) < 4.78 is 2.27. The number of hydrogen-bond donors (Lipinski definition) is 0. The highest BCUT2D eigenvalue weighted by Crippen LogP contribution is 2.48. The van der Waals surface area contributed by atoms with Gasteiger partial charge in [-0.05, 0) is 68.4 Å². The van der Waals surface area contributed by atoms with Crippen molar-refractivity contribution in [1.29, 1.82) is 0 Å². The molecule has 3 heteroatoms. The summed E-state index contributed by atoms with van der Waals surface area (Å²) in [6.45, 7) is 0. The van der Waals surface area contributed by atoms with Gasteiger partial charge in [0.1, 0.15) is 0 Å². The molecule has 0 aliphatic heterocycles. The van der Waals surface area contributed by atoms with E-state index in [-0.39, 0.29) is 0 Å². The third-order valence-electron chi connectivity index (χ3n) is 11.3. The van der Waals surface area contributed by atoms with E-state index in [0.717, 1.165) is 44.3 Å². The highest BCUT2D eigenvalue weighted by Gasteiger charge is 2.38. The van der Waals surface area contributed by atoms with E-state index in [0.29, 0.717) is 5.95 Å². The number of aromatic nitrogens is 3. The van der Waals surface area contributed by atoms with Gasteiger partial charge in [-0.25, -0.2) is 9.97 Å². The number of fused-ring (bicyclic) bond motifs is 4. The number of rotatable bonds is 5. The molecular weight excluding hydrogens is 655 g/mol. The van der Waals surface area contributed by atoms with Gasteiger partial charge in [0.2, 0.25) is 5.95 Å². The van der Waals surface area contributed by atoms with Crippen LogP contribution in [0.5, 0.6) is 0 Å². The fourth-order valence-corrected chi connectivity index (χ4v) is 8.79. The summed E-state index contributed by atoms with van der Waals surface area (Å²) in [6.07, 6.45) is 4.71. The maximum Gasteiger partial charge on any atom is 0.235 e. The Morgan fingerprint density at radius 3 is 1.94 bits per heavy atom. The summed E-state index contributed by atoms with van der Waals surface area (Å²) in [6, 6.07) is 67.5. The van der Waals surface area contributed by atoms with Gasteiger partial charge in [-0.3, -0.25) is 4.57 Å². The molecule has 0 amide bonds. The zero-order valence-electron chi connectivity index (χ0n) is 29.4. The number of allylic oxidation sites excluding steroid dienone is 1. The van der Waals surface area contributed by atoms with Gasteiger partial charge in [0.25, 0.3) is 0 Å². The molecule has 8 aromatic carbocycles. The van der Waals surface area contributed by atoms with Crippen LogP contribution in [0.1, 0.15) is 22.3 Å². The third kappa shape index (κ3) is 4.55. The molecule has 0 saturated heterocycles. The van der Waals surface area contributed by atoms with Crippen molar-refractivity contribution in [3.63, 3.8) is 0 Å². The summed E-state index contributed by atoms with van der Waals surface area (Å²) in [5.74, 6) is 0.648. The zero-order valence-corrected chi connectivity index (χ0v) is 29.4. The molecule has 0 radical (unpaired) electrons. The molecule has 252 valence electrons. The van der Waals surface area contributed by atoms with Crippen LogP contribution < -0.4 is 0 Å². The number of benzene rings is 8. The van der Waals surface area contributed by atoms with Crippen molar-refractivity contribution in [2.75, 3.05) is 0 Å². The second-order valence-corrected chi connectivity index (χ2v) is 14.2. The number of para-hydroxylation sites is 1. The Balaban J connectivity index is 1.22. The third-order valence-corrected chi connectivity index (χ3v) is 11.3. The van der Waals surface area contributed by atoms with Crippen LogP contribution in [0.2, 0.25) is 0 Å². The van der Waals surface area contributed by atoms with E-state index in [1.807, 2.05) is 0 Å². The van der Waals surface area contributed by atoms with E-state index < -0.39 is 5.41 Å². The average molecular weight is 688 g/mol. The summed E-state index contributed by atoms with van der Waals surface area (Å²) in [5.41, 5.74) is 11.7. The summed E-state index contributed by atoms with van der Waals surface area (Å²) in [5, 5.41) is 5.90. The number of nitrogens with zero attached hydrogens (tertiary/aromatic N) is 3. The van der Waals surface area contributed by atoms with Crippen LogP contribution in [0.25, 0.3) is 77.9 Å². The lowest BCUT2D eigenvalue weighted by atomic mass is 9.65. The van der Waals surface area contributed by atoms with Crippen LogP contribution in [0, 0.1) is 0 Å². The van der Waals surface area contributed by atoms with Crippen LogP contribution in [0.15, 0.2) is 194 Å². The fourth-order valence-electron chi connectivity index (χ4n) is 8.79. The predicted molar refractivity (Wildman–Crippen MR) is 224 cm³/mol. The van der Waals surface area contributed by atoms with E-state index in [1.165, 1.54) is 43.8 Å². The molecule has 1 aliphatic carbocycles. The summed E-state index contributed by atoms with van der Waals surface area (Å²) in [7, 11) is 0. The minimum Gasteiger partial charge on any atom is -0.278 e. The first-order chi connectivity index (χ1) is 26.8. The Morgan fingerprint density at radius 2 is 1.13 bits per heavy atom. The molecule has 1 unspecified atom stereocenters. The molecule has 10 aromatic rings. The van der Waals surface area contributed by atoms with E-state index in [9.17, 15) is 0 Å². The smallest absolute Gasteiger partial charge is 0.235 e. The molecule has 1 atom stereocenters. The van der Waals surface area contributed by atoms with E-state index >= 15 is 0 Å². The molecule has 2 heterocycles. The van der Waals surface area contributed by atoms with E-state index in [1.54, 1.807) is 0 Å². The van der Waals surface area contributed by atoms with Crippen LogP contribution in [-0.4, -0.2) is 14.5 Å². The molecule has 11 rings (SSSR count). The first kappa shape index (κ1) is 30.5. The van der Waals surface area contributed by atoms with Gasteiger partial charge in [0, 0.05) is 21.7 Å². The average Bonchev–Trinajstić information content (AvgIpc) is 3.58. The zero-order chi connectivity index (χ0) is 35.6. The molecular formula is C51H33N3. The van der Waals surface area contributed by atoms with Crippen molar-refractivity contribution in [3.05, 3.63) is 216 Å². The molecule has 1 aliphatic rings. The second-order valence-electron chi connectivity index (χ2n) is 14.2. The molecule has 54 heavy (non-hydrogen) atoms. The van der Waals surface area contributed by atoms with Crippen molar-refractivity contribution >= 4 is 49.6 Å². The van der Waals surface area contributed by atoms with E-state index in [2.05, 4.69) is 205 Å². The maximum absolute atomic E-state index is 5.43. The van der Waals surface area contributed by atoms with Gasteiger partial charge >= 0.3 is 0 Å². The molecule has 0 saturated carbocycles. The minimum absolute atomic E-state index is 0.519. The van der Waals surface area contributed by atoms with E-state index in [4.69, 9.17) is 9.97 Å². The van der Waals surface area contributed by atoms with Crippen LogP contribution in [-0.2, 0) is 5.41 Å². The quantitative estimate of drug-likeness (QED) is 0.180. The Kier molecular flexibility index (Phi) is 6.77. The lowest BCUT2D eigenvalue weighted by Gasteiger charge is -2.37. The van der Waals surface area contributed by atoms with Gasteiger partial charge in [0.15, 0.2) is 0 Å². The van der Waals surface area contributed by atoms with Crippen molar-refractivity contribution in [3.8, 4) is 28.3 Å². The Hall–Kier alpha value is -7.10. The number of hydrogen-bond acceptors (Lipinski definition) is 2. The Bertz CT molecular complexity index is 3080. The second kappa shape index (κ2) is 12.0. The Labute approximate surface area is 313 Å². The van der Waals surface area contributed by atoms with Gasteiger partial charge < -0.3 is 0 Å². The summed E-state index contributed by atoms with van der Waals surface area (Å²) in [4.78, 5) is 10.8. The fraction of sp³-hybridized carbons (Fsp3) is 0.0196. The lowest BCUT2D eigenvalue weighted by Crippen LogP contribution is -2.29. The van der Waals surface area contributed by atoms with Crippen LogP contribution >= 0.6 is 0 Å². The summed E-state index contributed by atoms with van der Waals surface area (Å²) >= 11 is 0. The highest BCUT2D eigenvalue weighted by atomic mass is 15.2. The molecule has 0 bridgehead atoms. The van der Waals surface area contributed by atoms with Crippen LogP contribution in [0.4, 0.5) is 0 Å². The molecule has 0 N–H and O–H groups in total. The Morgan fingerprint density at radius 1 is 0.444 bits per heavy atom. The largest absolute Gasteiger partial charge is 0.278 e. The predicted octanol–water partition coefficient (Wildman–Crippen LogP) is 12.6. The van der Waals surface area contributed by atoms with Crippen LogP contribution in [0.3, 0.4) is 0 Å². The monoisotopic (exact) mass is 687 g/mol. The molecule has 0 spiro atoms. The topological polar surface area (TPSA) is 30.7 Å². The van der Waals surface area contributed by atoms with Gasteiger partial charge in [-0.1, -0.05) is 176 Å². The maximum atomic E-state index is 5.43. The molecule has 0 fully saturated rings. The highest BCUT2D eigenvalue weighted by molar-refractivity contribution is 6.10. The van der Waals surface area contributed by atoms with Crippen molar-refractivity contribution < 1.29 is 0 Å². The normalized spacial score (nSPS) is 15.0. The van der Waals surface area contributed by atoms with Gasteiger partial charge in [-0.15, -0.1) is 0 Å². The minimum atomic E-state index is -0.519. The first-order valence-corrected chi connectivity index (χ1v) is 18.5. The van der Waals surface area contributed by atoms with Crippen molar-refractivity contribution in [2.24, 2.45) is 0 Å². The van der Waals surface area contributed by atoms with Crippen molar-refractivity contribution in [2.45, 2.75) is 5.41 Å². The first-order valence-electron chi connectivity index (χ1n) is 18.5. The van der Waals surface area contributed by atoms with Crippen molar-refractivity contribution in [1.82, 2.24) is 14.5 Å². The SMILES string of the molecule is C1=CC(c2ccccc2)(c2ccc3c4ccccc4n(-c4nc(-c5ccccc5)c5ccc(-c6ccccc6)cc5n4)c3c2)c2cccc3cccc1c23. The van der Waals surface area contributed by atoms with Gasteiger partial charge in [0.05, 0.1) is 27.7 Å². The lowest BCUT2D eigenvalue weighted by molar-refractivity contribution is 0.787. The standard InChI is InChI=1S/C51H33N3/c1-4-14-34(15-5-1)38-26-28-43-45(32-38)52-50(53-49(43)37-16-6-2-7-17-37)54-46-25-11-10-23-41(46)42-29-27-40(33-47(42)54)51(39-21-8-3-9-22-39)31-30-36-19-12-18-35-20-13-24-44(51)48(35)36/h1-33H. The molecule has 2 aromatic heterocycles. The molecule has 3 nitrogen and oxygen atoms in total.